The fourth-order valence-corrected chi connectivity index (χ4v) is 1.85. The maximum absolute atomic E-state index is 12.0. The predicted molar refractivity (Wildman–Crippen MR) is 70.1 cm³/mol. The predicted octanol–water partition coefficient (Wildman–Crippen LogP) is 1.71. The highest BCUT2D eigenvalue weighted by Crippen LogP contribution is 2.09. The molecule has 1 aromatic rings. The number of urea groups is 1. The van der Waals surface area contributed by atoms with Gasteiger partial charge in [0.1, 0.15) is 6.33 Å². The van der Waals surface area contributed by atoms with Gasteiger partial charge in [0.15, 0.2) is 5.82 Å². The quantitative estimate of drug-likeness (QED) is 0.868. The Bertz CT molecular complexity index is 390. The molecule has 0 bridgehead atoms. The van der Waals surface area contributed by atoms with Gasteiger partial charge in [-0.05, 0) is 20.3 Å². The first-order valence-electron chi connectivity index (χ1n) is 6.34. The van der Waals surface area contributed by atoms with Crippen LogP contribution in [0.1, 0.15) is 45.5 Å². The number of hydrogen-bond acceptors (Lipinski definition) is 3. The average Bonchev–Trinajstić information content (AvgIpc) is 2.74. The van der Waals surface area contributed by atoms with Crippen molar-refractivity contribution in [1.82, 2.24) is 25.0 Å². The van der Waals surface area contributed by atoms with E-state index in [0.29, 0.717) is 0 Å². The molecule has 6 heteroatoms. The van der Waals surface area contributed by atoms with Gasteiger partial charge >= 0.3 is 6.03 Å². The summed E-state index contributed by atoms with van der Waals surface area (Å²) in [6, 6.07) is 0.00872. The lowest BCUT2D eigenvalue weighted by Gasteiger charge is -2.26. The Labute approximate surface area is 108 Å². The van der Waals surface area contributed by atoms with Gasteiger partial charge in [-0.1, -0.05) is 13.3 Å². The molecule has 0 saturated heterocycles. The highest BCUT2D eigenvalue weighted by atomic mass is 16.2. The molecule has 0 fully saturated rings. The number of amides is 2. The first kappa shape index (κ1) is 14.5. The topological polar surface area (TPSA) is 63.1 Å². The van der Waals surface area contributed by atoms with Crippen LogP contribution in [0.4, 0.5) is 4.79 Å². The molecule has 102 valence electrons. The average molecular weight is 253 g/mol. The molecule has 1 rings (SSSR count). The summed E-state index contributed by atoms with van der Waals surface area (Å²) in [6.07, 6.45) is 3.70. The minimum Gasteiger partial charge on any atom is -0.328 e. The van der Waals surface area contributed by atoms with Gasteiger partial charge in [-0.15, -0.1) is 10.2 Å². The zero-order chi connectivity index (χ0) is 13.7. The molecule has 1 aromatic heterocycles. The number of aromatic nitrogens is 3. The van der Waals surface area contributed by atoms with Crippen LogP contribution < -0.4 is 5.32 Å². The van der Waals surface area contributed by atoms with Gasteiger partial charge in [-0.3, -0.25) is 0 Å². The molecule has 0 aliphatic carbocycles. The Kier molecular flexibility index (Phi) is 5.12. The molecular weight excluding hydrogens is 230 g/mol. The van der Waals surface area contributed by atoms with Crippen LogP contribution in [-0.2, 0) is 7.05 Å². The van der Waals surface area contributed by atoms with E-state index in [0.717, 1.165) is 18.7 Å². The van der Waals surface area contributed by atoms with Gasteiger partial charge in [-0.2, -0.15) is 0 Å². The highest BCUT2D eigenvalue weighted by Gasteiger charge is 2.19. The van der Waals surface area contributed by atoms with Gasteiger partial charge in [0.05, 0.1) is 6.04 Å². The van der Waals surface area contributed by atoms with Crippen molar-refractivity contribution in [2.24, 2.45) is 7.05 Å². The zero-order valence-corrected chi connectivity index (χ0v) is 11.8. The van der Waals surface area contributed by atoms with E-state index >= 15 is 0 Å². The number of carbonyl (C=O) groups excluding carboxylic acids is 1. The normalized spacial score (nSPS) is 14.1. The third kappa shape index (κ3) is 3.45. The van der Waals surface area contributed by atoms with Crippen LogP contribution >= 0.6 is 0 Å². The second-order valence-electron chi connectivity index (χ2n) is 4.72. The molecular formula is C12H23N5O. The van der Waals surface area contributed by atoms with Gasteiger partial charge < -0.3 is 14.8 Å². The summed E-state index contributed by atoms with van der Waals surface area (Å²) in [5, 5.41) is 10.7. The summed E-state index contributed by atoms with van der Waals surface area (Å²) in [4.78, 5) is 13.8. The summed E-state index contributed by atoms with van der Waals surface area (Å²) in [5.41, 5.74) is 0. The van der Waals surface area contributed by atoms with Crippen LogP contribution in [0.25, 0.3) is 0 Å². The molecule has 6 nitrogen and oxygen atoms in total. The van der Waals surface area contributed by atoms with E-state index < -0.39 is 0 Å². The molecule has 0 saturated carbocycles. The van der Waals surface area contributed by atoms with Crippen LogP contribution in [0.5, 0.6) is 0 Å². The van der Waals surface area contributed by atoms with Gasteiger partial charge in [-0.25, -0.2) is 4.79 Å². The molecule has 0 aliphatic heterocycles. The molecule has 0 unspecified atom stereocenters. The Hall–Kier alpha value is -1.59. The smallest absolute Gasteiger partial charge is 0.317 e. The van der Waals surface area contributed by atoms with Gasteiger partial charge in [0.25, 0.3) is 0 Å². The number of nitrogens with one attached hydrogen (secondary N) is 1. The van der Waals surface area contributed by atoms with Gasteiger partial charge in [0, 0.05) is 20.1 Å². The number of carbonyl (C=O) groups is 1. The Balaban J connectivity index is 2.57. The standard InChI is InChI=1S/C12H23N5O/c1-6-7-9(2)17(5)12(18)14-10(3)11-15-13-8-16(11)4/h8-10H,6-7H2,1-5H3,(H,14,18)/t9-,10+/m0/s1. The molecule has 0 aliphatic rings. The second-order valence-corrected chi connectivity index (χ2v) is 4.72. The molecule has 1 heterocycles. The fraction of sp³-hybridized carbons (Fsp3) is 0.750. The van der Waals surface area contributed by atoms with Crippen molar-refractivity contribution in [3.05, 3.63) is 12.2 Å². The first-order valence-corrected chi connectivity index (χ1v) is 6.34. The Morgan fingerprint density at radius 2 is 2.22 bits per heavy atom. The first-order chi connectivity index (χ1) is 8.47. The summed E-state index contributed by atoms with van der Waals surface area (Å²) >= 11 is 0. The SMILES string of the molecule is CCC[C@H](C)N(C)C(=O)N[C@H](C)c1nncn1C. The number of hydrogen-bond donors (Lipinski definition) is 1. The van der Waals surface area contributed by atoms with E-state index in [1.807, 2.05) is 21.0 Å². The van der Waals surface area contributed by atoms with Crippen molar-refractivity contribution in [2.45, 2.75) is 45.7 Å². The van der Waals surface area contributed by atoms with E-state index in [1.165, 1.54) is 0 Å². The molecule has 18 heavy (non-hydrogen) atoms. The largest absolute Gasteiger partial charge is 0.328 e. The van der Waals surface area contributed by atoms with Crippen molar-refractivity contribution in [2.75, 3.05) is 7.05 Å². The van der Waals surface area contributed by atoms with Crippen LogP contribution in [0.3, 0.4) is 0 Å². The summed E-state index contributed by atoms with van der Waals surface area (Å²) < 4.78 is 1.81. The summed E-state index contributed by atoms with van der Waals surface area (Å²) in [5.74, 6) is 0.750. The fourth-order valence-electron chi connectivity index (χ4n) is 1.85. The molecule has 2 atom stereocenters. The molecule has 0 spiro atoms. The lowest BCUT2D eigenvalue weighted by atomic mass is 10.2. The minimum absolute atomic E-state index is 0.0774. The van der Waals surface area contributed by atoms with Crippen LogP contribution in [-0.4, -0.2) is 38.8 Å². The lowest BCUT2D eigenvalue weighted by molar-refractivity contribution is 0.187. The maximum Gasteiger partial charge on any atom is 0.317 e. The van der Waals surface area contributed by atoms with E-state index in [2.05, 4.69) is 29.4 Å². The highest BCUT2D eigenvalue weighted by molar-refractivity contribution is 5.74. The molecule has 0 aromatic carbocycles. The number of aryl methyl sites for hydroxylation is 1. The minimum atomic E-state index is -0.152. The van der Waals surface area contributed by atoms with Crippen LogP contribution in [0.15, 0.2) is 6.33 Å². The second kappa shape index (κ2) is 6.37. The van der Waals surface area contributed by atoms with Crippen molar-refractivity contribution in [3.63, 3.8) is 0 Å². The van der Waals surface area contributed by atoms with E-state index in [1.54, 1.807) is 15.8 Å². The third-order valence-electron chi connectivity index (χ3n) is 3.16. The maximum atomic E-state index is 12.0. The van der Waals surface area contributed by atoms with Crippen molar-refractivity contribution in [3.8, 4) is 0 Å². The van der Waals surface area contributed by atoms with Crippen LogP contribution in [0.2, 0.25) is 0 Å². The summed E-state index contributed by atoms with van der Waals surface area (Å²) in [7, 11) is 3.68. The van der Waals surface area contributed by atoms with Crippen molar-refractivity contribution >= 4 is 6.03 Å². The molecule has 2 amide bonds. The van der Waals surface area contributed by atoms with Crippen molar-refractivity contribution < 1.29 is 4.79 Å². The number of rotatable bonds is 5. The van der Waals surface area contributed by atoms with E-state index in [-0.39, 0.29) is 18.1 Å². The molecule has 1 N–H and O–H groups in total. The number of nitrogens with zero attached hydrogens (tertiary/aromatic N) is 4. The van der Waals surface area contributed by atoms with Crippen LogP contribution in [0, 0.1) is 0 Å². The zero-order valence-electron chi connectivity index (χ0n) is 11.8. The van der Waals surface area contributed by atoms with Crippen molar-refractivity contribution in [1.29, 1.82) is 0 Å². The molecule has 0 radical (unpaired) electrons. The van der Waals surface area contributed by atoms with Gasteiger partial charge in [0.2, 0.25) is 0 Å². The van der Waals surface area contributed by atoms with E-state index in [9.17, 15) is 4.79 Å². The monoisotopic (exact) mass is 253 g/mol. The lowest BCUT2D eigenvalue weighted by Crippen LogP contribution is -2.43. The Morgan fingerprint density at radius 1 is 1.56 bits per heavy atom. The summed E-state index contributed by atoms with van der Waals surface area (Å²) in [6.45, 7) is 6.07. The van der Waals surface area contributed by atoms with E-state index in [4.69, 9.17) is 0 Å². The Morgan fingerprint density at radius 3 is 2.72 bits per heavy atom. The third-order valence-corrected chi connectivity index (χ3v) is 3.16.